The standard InChI is InChI=1S/C26H28N4O3/c1-17(2)33-22-12-10-20(11-13-22)15-27-23(31)16-32-24-14-18(3)25-19(4)29-30(26(25)28-24)21-8-6-5-7-9-21/h5-14,17H,15-16H2,1-4H3,(H,27,31). The molecule has 0 bridgehead atoms. The highest BCUT2D eigenvalue weighted by Crippen LogP contribution is 2.26. The van der Waals surface area contributed by atoms with E-state index >= 15 is 0 Å². The maximum atomic E-state index is 12.3. The number of aromatic nitrogens is 3. The lowest BCUT2D eigenvalue weighted by Crippen LogP contribution is -2.28. The summed E-state index contributed by atoms with van der Waals surface area (Å²) < 4.78 is 13.2. The molecule has 1 amide bonds. The first-order valence-corrected chi connectivity index (χ1v) is 11.0. The first kappa shape index (κ1) is 22.3. The molecule has 0 unspecified atom stereocenters. The van der Waals surface area contributed by atoms with Crippen molar-refractivity contribution in [1.82, 2.24) is 20.1 Å². The Morgan fingerprint density at radius 1 is 1.06 bits per heavy atom. The number of fused-ring (bicyclic) bond motifs is 1. The molecule has 0 atom stereocenters. The molecule has 7 heteroatoms. The average molecular weight is 445 g/mol. The van der Waals surface area contributed by atoms with Crippen LogP contribution in [-0.2, 0) is 11.3 Å². The predicted molar refractivity (Wildman–Crippen MR) is 128 cm³/mol. The van der Waals surface area contributed by atoms with Crippen molar-refractivity contribution in [2.75, 3.05) is 6.61 Å². The van der Waals surface area contributed by atoms with Crippen molar-refractivity contribution in [1.29, 1.82) is 0 Å². The van der Waals surface area contributed by atoms with E-state index in [2.05, 4.69) is 15.4 Å². The van der Waals surface area contributed by atoms with E-state index in [0.29, 0.717) is 18.1 Å². The molecule has 0 aliphatic rings. The molecule has 4 rings (SSSR count). The quantitative estimate of drug-likeness (QED) is 0.432. The Morgan fingerprint density at radius 3 is 2.48 bits per heavy atom. The fourth-order valence-corrected chi connectivity index (χ4v) is 3.65. The number of carbonyl (C=O) groups is 1. The first-order chi connectivity index (χ1) is 15.9. The van der Waals surface area contributed by atoms with Crippen LogP contribution >= 0.6 is 0 Å². The number of para-hydroxylation sites is 1. The zero-order chi connectivity index (χ0) is 23.4. The summed E-state index contributed by atoms with van der Waals surface area (Å²) in [5.74, 6) is 0.984. The second-order valence-corrected chi connectivity index (χ2v) is 8.18. The topological polar surface area (TPSA) is 78.3 Å². The van der Waals surface area contributed by atoms with E-state index in [-0.39, 0.29) is 18.6 Å². The van der Waals surface area contributed by atoms with Gasteiger partial charge in [0, 0.05) is 18.0 Å². The van der Waals surface area contributed by atoms with Crippen molar-refractivity contribution in [3.05, 3.63) is 77.5 Å². The Balaban J connectivity index is 1.41. The third kappa shape index (κ3) is 5.31. The van der Waals surface area contributed by atoms with Gasteiger partial charge in [0.1, 0.15) is 5.75 Å². The number of carbonyl (C=O) groups excluding carboxylic acids is 1. The first-order valence-electron chi connectivity index (χ1n) is 11.0. The summed E-state index contributed by atoms with van der Waals surface area (Å²) in [5, 5.41) is 8.51. The zero-order valence-electron chi connectivity index (χ0n) is 19.3. The molecule has 2 heterocycles. The summed E-state index contributed by atoms with van der Waals surface area (Å²) in [6, 6.07) is 19.3. The molecule has 0 aliphatic carbocycles. The molecule has 7 nitrogen and oxygen atoms in total. The maximum absolute atomic E-state index is 12.3. The summed E-state index contributed by atoms with van der Waals surface area (Å²) in [6.45, 7) is 8.22. The minimum absolute atomic E-state index is 0.120. The molecule has 33 heavy (non-hydrogen) atoms. The molecule has 0 spiro atoms. The van der Waals surface area contributed by atoms with E-state index in [1.165, 1.54) is 0 Å². The SMILES string of the molecule is Cc1cc(OCC(=O)NCc2ccc(OC(C)C)cc2)nc2c1c(C)nn2-c1ccccc1. The summed E-state index contributed by atoms with van der Waals surface area (Å²) in [6.07, 6.45) is 0.124. The van der Waals surface area contributed by atoms with Crippen molar-refractivity contribution in [2.24, 2.45) is 0 Å². The molecule has 1 N–H and O–H groups in total. The molecule has 0 saturated heterocycles. The summed E-state index contributed by atoms with van der Waals surface area (Å²) in [5.41, 5.74) is 4.50. The van der Waals surface area contributed by atoms with E-state index in [1.54, 1.807) is 4.68 Å². The Kier molecular flexibility index (Phi) is 6.58. The molecule has 0 aliphatic heterocycles. The third-order valence-electron chi connectivity index (χ3n) is 5.12. The van der Waals surface area contributed by atoms with Crippen LogP contribution in [0.25, 0.3) is 16.7 Å². The van der Waals surface area contributed by atoms with E-state index in [1.807, 2.05) is 88.4 Å². The van der Waals surface area contributed by atoms with Gasteiger partial charge in [-0.05, 0) is 63.1 Å². The lowest BCUT2D eigenvalue weighted by Gasteiger charge is -2.11. The van der Waals surface area contributed by atoms with Gasteiger partial charge in [-0.2, -0.15) is 10.1 Å². The van der Waals surface area contributed by atoms with Crippen LogP contribution in [0, 0.1) is 13.8 Å². The highest BCUT2D eigenvalue weighted by molar-refractivity contribution is 5.84. The smallest absolute Gasteiger partial charge is 0.258 e. The second kappa shape index (κ2) is 9.73. The maximum Gasteiger partial charge on any atom is 0.258 e. The molecule has 0 saturated carbocycles. The van der Waals surface area contributed by atoms with Gasteiger partial charge in [-0.1, -0.05) is 30.3 Å². The van der Waals surface area contributed by atoms with Crippen molar-refractivity contribution >= 4 is 16.9 Å². The fraction of sp³-hybridized carbons (Fsp3) is 0.269. The van der Waals surface area contributed by atoms with Gasteiger partial charge >= 0.3 is 0 Å². The Morgan fingerprint density at radius 2 is 1.79 bits per heavy atom. The number of hydrogen-bond acceptors (Lipinski definition) is 5. The van der Waals surface area contributed by atoms with Gasteiger partial charge in [0.05, 0.1) is 17.5 Å². The van der Waals surface area contributed by atoms with Gasteiger partial charge in [-0.3, -0.25) is 4.79 Å². The number of amides is 1. The summed E-state index contributed by atoms with van der Waals surface area (Å²) >= 11 is 0. The minimum atomic E-state index is -0.218. The number of aryl methyl sites for hydroxylation is 2. The molecule has 170 valence electrons. The number of rotatable bonds is 8. The fourth-order valence-electron chi connectivity index (χ4n) is 3.65. The van der Waals surface area contributed by atoms with E-state index in [0.717, 1.165) is 33.6 Å². The molecule has 0 fully saturated rings. The largest absolute Gasteiger partial charge is 0.491 e. The monoisotopic (exact) mass is 444 g/mol. The third-order valence-corrected chi connectivity index (χ3v) is 5.12. The molecular weight excluding hydrogens is 416 g/mol. The van der Waals surface area contributed by atoms with Gasteiger partial charge in [0.25, 0.3) is 5.91 Å². The Bertz CT molecular complexity index is 1250. The minimum Gasteiger partial charge on any atom is -0.491 e. The van der Waals surface area contributed by atoms with E-state index in [4.69, 9.17) is 9.47 Å². The molecule has 2 aromatic carbocycles. The van der Waals surface area contributed by atoms with Crippen molar-refractivity contribution in [3.63, 3.8) is 0 Å². The van der Waals surface area contributed by atoms with Gasteiger partial charge in [0.2, 0.25) is 5.88 Å². The number of nitrogens with zero attached hydrogens (tertiary/aromatic N) is 3. The van der Waals surface area contributed by atoms with Gasteiger partial charge in [-0.25, -0.2) is 4.68 Å². The lowest BCUT2D eigenvalue weighted by molar-refractivity contribution is -0.123. The number of nitrogens with one attached hydrogen (secondary N) is 1. The normalized spacial score (nSPS) is 11.1. The van der Waals surface area contributed by atoms with Crippen LogP contribution in [0.2, 0.25) is 0 Å². The summed E-state index contributed by atoms with van der Waals surface area (Å²) in [7, 11) is 0. The lowest BCUT2D eigenvalue weighted by atomic mass is 10.2. The number of pyridine rings is 1. The molecule has 4 aromatic rings. The summed E-state index contributed by atoms with van der Waals surface area (Å²) in [4.78, 5) is 17.0. The molecular formula is C26H28N4O3. The van der Waals surface area contributed by atoms with Crippen LogP contribution in [-0.4, -0.2) is 33.4 Å². The number of ether oxygens (including phenoxy) is 2. The predicted octanol–water partition coefficient (Wildman–Crippen LogP) is 4.52. The molecule has 0 radical (unpaired) electrons. The highest BCUT2D eigenvalue weighted by atomic mass is 16.5. The Hall–Kier alpha value is -3.87. The second-order valence-electron chi connectivity index (χ2n) is 8.18. The zero-order valence-corrected chi connectivity index (χ0v) is 19.3. The number of hydrogen-bond donors (Lipinski definition) is 1. The van der Waals surface area contributed by atoms with Crippen LogP contribution in [0.4, 0.5) is 0 Å². The van der Waals surface area contributed by atoms with Crippen LogP contribution in [0.1, 0.15) is 30.7 Å². The molecule has 2 aromatic heterocycles. The highest BCUT2D eigenvalue weighted by Gasteiger charge is 2.15. The van der Waals surface area contributed by atoms with Crippen molar-refractivity contribution in [2.45, 2.75) is 40.3 Å². The van der Waals surface area contributed by atoms with Crippen LogP contribution < -0.4 is 14.8 Å². The van der Waals surface area contributed by atoms with Crippen LogP contribution in [0.5, 0.6) is 11.6 Å². The van der Waals surface area contributed by atoms with E-state index < -0.39 is 0 Å². The van der Waals surface area contributed by atoms with Crippen molar-refractivity contribution in [3.8, 4) is 17.3 Å². The van der Waals surface area contributed by atoms with E-state index in [9.17, 15) is 4.79 Å². The van der Waals surface area contributed by atoms with Gasteiger partial charge in [0.15, 0.2) is 12.3 Å². The van der Waals surface area contributed by atoms with Crippen molar-refractivity contribution < 1.29 is 14.3 Å². The van der Waals surface area contributed by atoms with Crippen LogP contribution in [0.15, 0.2) is 60.7 Å². The van der Waals surface area contributed by atoms with Gasteiger partial charge < -0.3 is 14.8 Å². The van der Waals surface area contributed by atoms with Gasteiger partial charge in [-0.15, -0.1) is 0 Å². The van der Waals surface area contributed by atoms with Crippen LogP contribution in [0.3, 0.4) is 0 Å². The average Bonchev–Trinajstić information content (AvgIpc) is 3.14. The Labute approximate surface area is 193 Å². The number of benzene rings is 2.